The molecule has 0 bridgehead atoms. The van der Waals surface area contributed by atoms with Crippen molar-refractivity contribution in [3.63, 3.8) is 0 Å². The van der Waals surface area contributed by atoms with Crippen LogP contribution in [0.1, 0.15) is 5.01 Å². The van der Waals surface area contributed by atoms with Crippen LogP contribution in [0.4, 0.5) is 11.4 Å². The molecule has 0 atom stereocenters. The summed E-state index contributed by atoms with van der Waals surface area (Å²) >= 11 is 13.2. The molecule has 7 nitrogen and oxygen atoms in total. The molecule has 0 saturated heterocycles. The molecule has 0 aliphatic rings. The molecule has 1 heterocycles. The zero-order valence-electron chi connectivity index (χ0n) is 14.8. The van der Waals surface area contributed by atoms with Gasteiger partial charge in [-0.3, -0.25) is 10.1 Å². The lowest BCUT2D eigenvalue weighted by molar-refractivity contribution is -0.384. The minimum absolute atomic E-state index is 0.173. The van der Waals surface area contributed by atoms with Crippen molar-refractivity contribution in [3.05, 3.63) is 73.1 Å². The first-order valence-electron chi connectivity index (χ1n) is 8.03. The van der Waals surface area contributed by atoms with Crippen molar-refractivity contribution in [3.8, 4) is 23.1 Å². The number of nitrogens with one attached hydrogen (secondary N) is 1. The van der Waals surface area contributed by atoms with Gasteiger partial charge >= 0.3 is 0 Å². The molecule has 0 saturated carbocycles. The molecule has 0 aliphatic carbocycles. The maximum atomic E-state index is 11.3. The summed E-state index contributed by atoms with van der Waals surface area (Å²) in [4.78, 5) is 15.2. The van der Waals surface area contributed by atoms with Gasteiger partial charge < -0.3 is 10.1 Å². The van der Waals surface area contributed by atoms with Gasteiger partial charge in [0.15, 0.2) is 0 Å². The van der Waals surface area contributed by atoms with Crippen LogP contribution in [-0.4, -0.2) is 17.0 Å². The molecule has 3 aromatic rings. The Morgan fingerprint density at radius 2 is 2.10 bits per heavy atom. The van der Waals surface area contributed by atoms with Crippen molar-refractivity contribution in [1.82, 2.24) is 4.98 Å². The summed E-state index contributed by atoms with van der Waals surface area (Å²) in [6.07, 6.45) is 1.38. The molecule has 1 aromatic heterocycles. The molecule has 0 unspecified atom stereocenters. The molecule has 3 rings (SSSR count). The van der Waals surface area contributed by atoms with E-state index < -0.39 is 4.92 Å². The van der Waals surface area contributed by atoms with Gasteiger partial charge in [-0.15, -0.1) is 11.3 Å². The highest BCUT2D eigenvalue weighted by Gasteiger charge is 2.15. The minimum atomic E-state index is -0.531. The molecule has 1 N–H and O–H groups in total. The number of anilines is 1. The highest BCUT2D eigenvalue weighted by Crippen LogP contribution is 2.32. The van der Waals surface area contributed by atoms with Crippen molar-refractivity contribution in [1.29, 1.82) is 5.26 Å². The predicted molar refractivity (Wildman–Crippen MR) is 114 cm³/mol. The summed E-state index contributed by atoms with van der Waals surface area (Å²) in [6.45, 7) is 0. The molecule has 10 heteroatoms. The van der Waals surface area contributed by atoms with E-state index in [2.05, 4.69) is 10.3 Å². The van der Waals surface area contributed by atoms with Crippen LogP contribution in [-0.2, 0) is 0 Å². The van der Waals surface area contributed by atoms with Gasteiger partial charge in [-0.1, -0.05) is 29.3 Å². The normalized spacial score (nSPS) is 11.0. The number of thiazole rings is 1. The average Bonchev–Trinajstić information content (AvgIpc) is 3.20. The number of halogens is 2. The van der Waals surface area contributed by atoms with Crippen LogP contribution in [0.15, 0.2) is 48.0 Å². The Morgan fingerprint density at radius 1 is 1.31 bits per heavy atom. The summed E-state index contributed by atoms with van der Waals surface area (Å²) in [5.74, 6) is 0.359. The lowest BCUT2D eigenvalue weighted by Crippen LogP contribution is -1.98. The van der Waals surface area contributed by atoms with Crippen molar-refractivity contribution < 1.29 is 9.66 Å². The minimum Gasteiger partial charge on any atom is -0.496 e. The summed E-state index contributed by atoms with van der Waals surface area (Å²) < 4.78 is 5.01. The first kappa shape index (κ1) is 20.6. The Labute approximate surface area is 179 Å². The van der Waals surface area contributed by atoms with E-state index in [4.69, 9.17) is 27.9 Å². The van der Waals surface area contributed by atoms with Crippen LogP contribution in [0, 0.1) is 21.4 Å². The SMILES string of the molecule is COc1ccc(NC=C(C#N)c2nc(-c3ccc(Cl)c(Cl)c3)cs2)c([N+](=O)[O-])c1. The second kappa shape index (κ2) is 8.92. The lowest BCUT2D eigenvalue weighted by atomic mass is 10.2. The van der Waals surface area contributed by atoms with E-state index in [-0.39, 0.29) is 16.9 Å². The number of rotatable bonds is 6. The second-order valence-electron chi connectivity index (χ2n) is 5.62. The number of aromatic nitrogens is 1. The first-order chi connectivity index (χ1) is 13.9. The molecular weight excluding hydrogens is 435 g/mol. The van der Waals surface area contributed by atoms with Crippen LogP contribution >= 0.6 is 34.5 Å². The second-order valence-corrected chi connectivity index (χ2v) is 7.29. The fraction of sp³-hybridized carbons (Fsp3) is 0.0526. The molecule has 29 heavy (non-hydrogen) atoms. The molecule has 0 spiro atoms. The molecule has 0 amide bonds. The van der Waals surface area contributed by atoms with Crippen LogP contribution in [0.5, 0.6) is 5.75 Å². The number of nitro groups is 1. The number of allylic oxidation sites excluding steroid dienone is 1. The van der Waals surface area contributed by atoms with E-state index >= 15 is 0 Å². The standard InChI is InChI=1S/C19H12Cl2N4O3S/c1-28-13-3-5-16(18(7-13)25(26)27)23-9-12(8-22)19-24-17(10-29-19)11-2-4-14(20)15(21)6-11/h2-7,9-10,23H,1H3. The van der Waals surface area contributed by atoms with E-state index in [0.29, 0.717) is 26.5 Å². The summed E-state index contributed by atoms with van der Waals surface area (Å²) in [6, 6.07) is 11.6. The quantitative estimate of drug-likeness (QED) is 0.282. The molecule has 146 valence electrons. The number of nitriles is 1. The predicted octanol–water partition coefficient (Wildman–Crippen LogP) is 6.01. The topological polar surface area (TPSA) is 101 Å². The van der Waals surface area contributed by atoms with Gasteiger partial charge in [-0.05, 0) is 24.3 Å². The van der Waals surface area contributed by atoms with Gasteiger partial charge in [0.05, 0.1) is 33.8 Å². The third-order valence-corrected chi connectivity index (χ3v) is 5.46. The maximum absolute atomic E-state index is 11.3. The van der Waals surface area contributed by atoms with E-state index in [1.54, 1.807) is 29.6 Å². The van der Waals surface area contributed by atoms with Crippen molar-refractivity contribution in [2.45, 2.75) is 0 Å². The Balaban J connectivity index is 1.88. The van der Waals surface area contributed by atoms with E-state index in [0.717, 1.165) is 5.56 Å². The maximum Gasteiger partial charge on any atom is 0.296 e. The van der Waals surface area contributed by atoms with Gasteiger partial charge in [0, 0.05) is 17.1 Å². The first-order valence-corrected chi connectivity index (χ1v) is 9.67. The monoisotopic (exact) mass is 446 g/mol. The van der Waals surface area contributed by atoms with Crippen LogP contribution in [0.3, 0.4) is 0 Å². The molecule has 0 aliphatic heterocycles. The van der Waals surface area contributed by atoms with Crippen LogP contribution < -0.4 is 10.1 Å². The zero-order valence-corrected chi connectivity index (χ0v) is 17.2. The van der Waals surface area contributed by atoms with Crippen molar-refractivity contribution >= 4 is 51.5 Å². The third kappa shape index (κ3) is 4.66. The van der Waals surface area contributed by atoms with Gasteiger partial charge in [0.1, 0.15) is 28.1 Å². The van der Waals surface area contributed by atoms with Gasteiger partial charge in [-0.25, -0.2) is 4.98 Å². The molecular formula is C19H12Cl2N4O3S. The molecule has 0 fully saturated rings. The molecule has 2 aromatic carbocycles. The van der Waals surface area contributed by atoms with E-state index in [1.807, 2.05) is 6.07 Å². The van der Waals surface area contributed by atoms with E-state index in [1.165, 1.54) is 36.8 Å². The smallest absolute Gasteiger partial charge is 0.296 e. The highest BCUT2D eigenvalue weighted by atomic mass is 35.5. The van der Waals surface area contributed by atoms with E-state index in [9.17, 15) is 15.4 Å². The van der Waals surface area contributed by atoms with Crippen molar-refractivity contribution in [2.24, 2.45) is 0 Å². The largest absolute Gasteiger partial charge is 0.496 e. The summed E-state index contributed by atoms with van der Waals surface area (Å²) in [5.41, 5.74) is 1.68. The summed E-state index contributed by atoms with van der Waals surface area (Å²) in [7, 11) is 1.42. The average molecular weight is 447 g/mol. The Bertz CT molecular complexity index is 1150. The molecule has 0 radical (unpaired) electrons. The third-order valence-electron chi connectivity index (χ3n) is 3.84. The Hall–Kier alpha value is -3.12. The lowest BCUT2D eigenvalue weighted by Gasteiger charge is -2.05. The number of nitro benzene ring substituents is 1. The van der Waals surface area contributed by atoms with Crippen molar-refractivity contribution in [2.75, 3.05) is 12.4 Å². The van der Waals surface area contributed by atoms with Gasteiger partial charge in [0.25, 0.3) is 5.69 Å². The van der Waals surface area contributed by atoms with Gasteiger partial charge in [-0.2, -0.15) is 5.26 Å². The Kier molecular flexibility index (Phi) is 6.34. The number of ether oxygens (including phenoxy) is 1. The number of methoxy groups -OCH3 is 1. The number of nitrogens with zero attached hydrogens (tertiary/aromatic N) is 3. The zero-order chi connectivity index (χ0) is 21.0. The number of hydrogen-bond donors (Lipinski definition) is 1. The highest BCUT2D eigenvalue weighted by molar-refractivity contribution is 7.11. The Morgan fingerprint density at radius 3 is 2.76 bits per heavy atom. The van der Waals surface area contributed by atoms with Crippen LogP contribution in [0.2, 0.25) is 10.0 Å². The number of benzene rings is 2. The fourth-order valence-corrected chi connectivity index (χ4v) is 3.48. The fourth-order valence-electron chi connectivity index (χ4n) is 2.39. The summed E-state index contributed by atoms with van der Waals surface area (Å²) in [5, 5.41) is 26.7. The van der Waals surface area contributed by atoms with Gasteiger partial charge in [0.2, 0.25) is 0 Å². The van der Waals surface area contributed by atoms with Crippen LogP contribution in [0.25, 0.3) is 16.8 Å². The number of hydrogen-bond acceptors (Lipinski definition) is 7.